The van der Waals surface area contributed by atoms with Gasteiger partial charge in [0.15, 0.2) is 6.10 Å². The van der Waals surface area contributed by atoms with Crippen LogP contribution in [0.2, 0.25) is 0 Å². The van der Waals surface area contributed by atoms with E-state index >= 15 is 0 Å². The maximum Gasteiger partial charge on any atom is 0.361 e. The van der Waals surface area contributed by atoms with Crippen molar-refractivity contribution in [3.8, 4) is 0 Å². The molecule has 2 atom stereocenters. The molecular weight excluding hydrogens is 983 g/mol. The fourth-order valence-electron chi connectivity index (χ4n) is 9.43. The van der Waals surface area contributed by atoms with Crippen LogP contribution in [0.3, 0.4) is 0 Å². The average Bonchev–Trinajstić information content (AvgIpc) is 3.42. The van der Waals surface area contributed by atoms with Crippen molar-refractivity contribution >= 4 is 17.9 Å². The number of esters is 2. The standard InChI is InChI=1S/C70H125NO8/c1-6-8-10-12-14-16-18-20-22-24-25-26-27-28-29-30-31-32-33-34-35-36-37-38-39-40-41-42-43-45-47-49-51-53-55-57-59-61-68(73)79-66(65-78-70(69(74)75)76-63-62-71(3,4)5)64-77-67(72)60-58-56-54-52-50-48-46-44-23-21-19-17-15-13-11-9-7-2/h8,10,14,16,20,22,25-26,28-29,31-32,66,70H,6-7,9,11-13,15,17-19,21,23-24,27,30,33-65H2,1-5H3/p+1/b10-8-,16-14-,22-20-,26-25-,29-28-,32-31-. The van der Waals surface area contributed by atoms with E-state index in [1.807, 2.05) is 21.1 Å². The Morgan fingerprint density at radius 2 is 0.722 bits per heavy atom. The molecule has 0 aromatic heterocycles. The van der Waals surface area contributed by atoms with Gasteiger partial charge in [0.2, 0.25) is 0 Å². The van der Waals surface area contributed by atoms with Crippen molar-refractivity contribution in [2.75, 3.05) is 47.5 Å². The monoisotopic (exact) mass is 1110 g/mol. The summed E-state index contributed by atoms with van der Waals surface area (Å²) in [6, 6.07) is 0. The molecule has 0 aliphatic rings. The van der Waals surface area contributed by atoms with Crippen LogP contribution in [0.15, 0.2) is 72.9 Å². The molecule has 0 fully saturated rings. The number of carboxylic acids is 1. The fraction of sp³-hybridized carbons (Fsp3) is 0.786. The Kier molecular flexibility index (Phi) is 58.3. The van der Waals surface area contributed by atoms with Crippen molar-refractivity contribution in [1.82, 2.24) is 0 Å². The molecule has 0 saturated carbocycles. The zero-order chi connectivity index (χ0) is 57.6. The highest BCUT2D eigenvalue weighted by Crippen LogP contribution is 2.18. The molecular formula is C70H126NO8+. The zero-order valence-electron chi connectivity index (χ0n) is 52.3. The van der Waals surface area contributed by atoms with Crippen LogP contribution in [-0.2, 0) is 33.3 Å². The molecule has 9 nitrogen and oxygen atoms in total. The predicted molar refractivity (Wildman–Crippen MR) is 336 cm³/mol. The number of aliphatic carboxylic acids is 1. The van der Waals surface area contributed by atoms with Crippen LogP contribution >= 0.6 is 0 Å². The molecule has 0 saturated heterocycles. The van der Waals surface area contributed by atoms with Gasteiger partial charge in [0.1, 0.15) is 13.2 Å². The summed E-state index contributed by atoms with van der Waals surface area (Å²) in [5.41, 5.74) is 0. The Morgan fingerprint density at radius 1 is 0.392 bits per heavy atom. The van der Waals surface area contributed by atoms with Crippen LogP contribution in [0.1, 0.15) is 296 Å². The van der Waals surface area contributed by atoms with Gasteiger partial charge in [0, 0.05) is 12.8 Å². The lowest BCUT2D eigenvalue weighted by Crippen LogP contribution is -2.40. The van der Waals surface area contributed by atoms with Crippen molar-refractivity contribution in [2.24, 2.45) is 0 Å². The van der Waals surface area contributed by atoms with Gasteiger partial charge < -0.3 is 28.5 Å². The first kappa shape index (κ1) is 75.7. The number of nitrogens with zero attached hydrogens (tertiary/aromatic N) is 1. The highest BCUT2D eigenvalue weighted by Gasteiger charge is 2.25. The number of hydrogen-bond donors (Lipinski definition) is 1. The van der Waals surface area contributed by atoms with Crippen LogP contribution in [0.25, 0.3) is 0 Å². The Balaban J connectivity index is 4.04. The maximum atomic E-state index is 12.9. The number of carbonyl (C=O) groups is 3. The lowest BCUT2D eigenvalue weighted by Gasteiger charge is -2.25. The van der Waals surface area contributed by atoms with Crippen LogP contribution in [0.4, 0.5) is 0 Å². The number of carboxylic acid groups (broad SMARTS) is 1. The van der Waals surface area contributed by atoms with Gasteiger partial charge in [-0.05, 0) is 64.2 Å². The Labute approximate surface area is 487 Å². The zero-order valence-corrected chi connectivity index (χ0v) is 52.3. The van der Waals surface area contributed by atoms with E-state index in [1.54, 1.807) is 0 Å². The molecule has 9 heteroatoms. The summed E-state index contributed by atoms with van der Waals surface area (Å²) in [6.07, 6.45) is 77.2. The second kappa shape index (κ2) is 60.8. The lowest BCUT2D eigenvalue weighted by molar-refractivity contribution is -0.870. The van der Waals surface area contributed by atoms with Gasteiger partial charge >= 0.3 is 17.9 Å². The number of ether oxygens (including phenoxy) is 4. The minimum atomic E-state index is -1.51. The van der Waals surface area contributed by atoms with E-state index in [4.69, 9.17) is 18.9 Å². The molecule has 0 aromatic rings. The minimum Gasteiger partial charge on any atom is -0.477 e. The SMILES string of the molecule is CC/C=C\C/C=C\C/C=C\C/C=C\C/C=C\C/C=C\CCCCCCCCCCCCCCCCCCCCC(=O)OC(COC(=O)CCCCCCCCCCCCCCCCCCC)COC(OCC[N+](C)(C)C)C(=O)O. The van der Waals surface area contributed by atoms with Crippen LogP contribution in [-0.4, -0.2) is 87.4 Å². The summed E-state index contributed by atoms with van der Waals surface area (Å²) in [6.45, 7) is 4.80. The highest BCUT2D eigenvalue weighted by molar-refractivity contribution is 5.71. The van der Waals surface area contributed by atoms with Crippen LogP contribution < -0.4 is 0 Å². The normalized spacial score (nSPS) is 13.2. The van der Waals surface area contributed by atoms with Crippen molar-refractivity contribution < 1.29 is 42.9 Å². The summed E-state index contributed by atoms with van der Waals surface area (Å²) in [7, 11) is 5.98. The average molecular weight is 1110 g/mol. The third-order valence-corrected chi connectivity index (χ3v) is 14.5. The third-order valence-electron chi connectivity index (χ3n) is 14.5. The quantitative estimate of drug-likeness (QED) is 0.0211. The molecule has 458 valence electrons. The number of quaternary nitrogens is 1. The number of rotatable bonds is 61. The predicted octanol–water partition coefficient (Wildman–Crippen LogP) is 20.1. The van der Waals surface area contributed by atoms with Crippen molar-refractivity contribution in [2.45, 2.75) is 309 Å². The molecule has 2 unspecified atom stereocenters. The van der Waals surface area contributed by atoms with E-state index in [0.717, 1.165) is 77.0 Å². The van der Waals surface area contributed by atoms with E-state index in [9.17, 15) is 19.5 Å². The van der Waals surface area contributed by atoms with Gasteiger partial charge in [-0.15, -0.1) is 0 Å². The Bertz CT molecular complexity index is 1520. The highest BCUT2D eigenvalue weighted by atomic mass is 16.7. The number of unbranched alkanes of at least 4 members (excludes halogenated alkanes) is 34. The van der Waals surface area contributed by atoms with E-state index < -0.39 is 18.4 Å². The smallest absolute Gasteiger partial charge is 0.361 e. The first-order valence-corrected chi connectivity index (χ1v) is 33.1. The summed E-state index contributed by atoms with van der Waals surface area (Å²) in [4.78, 5) is 37.5. The van der Waals surface area contributed by atoms with E-state index in [0.29, 0.717) is 17.4 Å². The van der Waals surface area contributed by atoms with E-state index in [2.05, 4.69) is 86.8 Å². The van der Waals surface area contributed by atoms with Gasteiger partial charge in [-0.1, -0.05) is 292 Å². The number of carbonyl (C=O) groups excluding carboxylic acids is 2. The number of likely N-dealkylation sites (N-methyl/N-ethyl adjacent to an activating group) is 1. The lowest BCUT2D eigenvalue weighted by atomic mass is 10.0. The molecule has 0 aromatic carbocycles. The second-order valence-corrected chi connectivity index (χ2v) is 23.4. The number of hydrogen-bond acceptors (Lipinski definition) is 7. The molecule has 0 spiro atoms. The largest absolute Gasteiger partial charge is 0.477 e. The molecule has 1 N–H and O–H groups in total. The van der Waals surface area contributed by atoms with Crippen molar-refractivity contribution in [3.63, 3.8) is 0 Å². The topological polar surface area (TPSA) is 108 Å². The molecule has 0 aliphatic carbocycles. The number of allylic oxidation sites excluding steroid dienone is 12. The van der Waals surface area contributed by atoms with E-state index in [1.165, 1.54) is 193 Å². The summed E-state index contributed by atoms with van der Waals surface area (Å²) < 4.78 is 22.9. The van der Waals surface area contributed by atoms with Gasteiger partial charge in [0.05, 0.1) is 34.4 Å². The van der Waals surface area contributed by atoms with Crippen molar-refractivity contribution in [1.29, 1.82) is 0 Å². The molecule has 0 radical (unpaired) electrons. The van der Waals surface area contributed by atoms with E-state index in [-0.39, 0.29) is 38.2 Å². The van der Waals surface area contributed by atoms with Gasteiger partial charge in [0.25, 0.3) is 6.29 Å². The second-order valence-electron chi connectivity index (χ2n) is 23.4. The molecule has 0 aliphatic heterocycles. The third kappa shape index (κ3) is 62.2. The van der Waals surface area contributed by atoms with Crippen LogP contribution in [0, 0.1) is 0 Å². The fourth-order valence-corrected chi connectivity index (χ4v) is 9.43. The minimum absolute atomic E-state index is 0.178. The summed E-state index contributed by atoms with van der Waals surface area (Å²) >= 11 is 0. The maximum absolute atomic E-state index is 12.9. The van der Waals surface area contributed by atoms with Gasteiger partial charge in [-0.2, -0.15) is 0 Å². The van der Waals surface area contributed by atoms with Crippen LogP contribution in [0.5, 0.6) is 0 Å². The molecule has 0 bridgehead atoms. The molecule has 0 amide bonds. The van der Waals surface area contributed by atoms with Gasteiger partial charge in [-0.3, -0.25) is 9.59 Å². The Morgan fingerprint density at radius 3 is 1.08 bits per heavy atom. The summed E-state index contributed by atoms with van der Waals surface area (Å²) in [5, 5.41) is 9.72. The molecule has 0 rings (SSSR count). The first-order valence-electron chi connectivity index (χ1n) is 33.1. The Hall–Kier alpha value is -3.27. The first-order chi connectivity index (χ1) is 38.6. The molecule has 0 heterocycles. The summed E-state index contributed by atoms with van der Waals surface area (Å²) in [5.74, 6) is -1.99. The van der Waals surface area contributed by atoms with Crippen molar-refractivity contribution in [3.05, 3.63) is 72.9 Å². The molecule has 79 heavy (non-hydrogen) atoms. The van der Waals surface area contributed by atoms with Gasteiger partial charge in [-0.25, -0.2) is 4.79 Å².